The Labute approximate surface area is 115 Å². The third-order valence-corrected chi connectivity index (χ3v) is 3.11. The average Bonchev–Trinajstić information content (AvgIpc) is 2.33. The van der Waals surface area contributed by atoms with Crippen LogP contribution in [-0.2, 0) is 4.79 Å². The number of carbonyl (C=O) groups is 1. The van der Waals surface area contributed by atoms with Crippen molar-refractivity contribution in [3.63, 3.8) is 0 Å². The third kappa shape index (κ3) is 5.47. The zero-order chi connectivity index (χ0) is 12.7. The highest BCUT2D eigenvalue weighted by atomic mass is 127. The Morgan fingerprint density at radius 3 is 2.59 bits per heavy atom. The minimum absolute atomic E-state index is 0.0162. The molecule has 0 aliphatic carbocycles. The number of benzene rings is 1. The first kappa shape index (κ1) is 14.4. The van der Waals surface area contributed by atoms with E-state index in [1.807, 2.05) is 31.2 Å². The van der Waals surface area contributed by atoms with Crippen molar-refractivity contribution in [1.29, 1.82) is 0 Å². The molecule has 0 heterocycles. The first-order valence-corrected chi connectivity index (χ1v) is 6.63. The van der Waals surface area contributed by atoms with Crippen molar-refractivity contribution >= 4 is 34.2 Å². The zero-order valence-corrected chi connectivity index (χ0v) is 11.9. The van der Waals surface area contributed by atoms with E-state index in [1.54, 1.807) is 0 Å². The molecular formula is C12H17IN2O2. The largest absolute Gasteiger partial charge is 0.395 e. The Kier molecular flexibility index (Phi) is 6.46. The molecule has 0 saturated carbocycles. The number of nitrogens with one attached hydrogen (secondary N) is 2. The van der Waals surface area contributed by atoms with E-state index in [2.05, 4.69) is 33.2 Å². The molecule has 1 atom stereocenters. The van der Waals surface area contributed by atoms with Crippen LogP contribution in [-0.4, -0.2) is 30.2 Å². The van der Waals surface area contributed by atoms with E-state index < -0.39 is 0 Å². The first-order valence-electron chi connectivity index (χ1n) is 5.55. The summed E-state index contributed by atoms with van der Waals surface area (Å²) in [5.41, 5.74) is 0.786. The van der Waals surface area contributed by atoms with E-state index in [0.29, 0.717) is 0 Å². The average molecular weight is 348 g/mol. The SMILES string of the molecule is CC[C@@H](CO)NCC(=O)Nc1ccc(I)cc1. The molecule has 5 heteroatoms. The monoisotopic (exact) mass is 348 g/mol. The van der Waals surface area contributed by atoms with E-state index in [0.717, 1.165) is 15.7 Å². The smallest absolute Gasteiger partial charge is 0.238 e. The van der Waals surface area contributed by atoms with Crippen molar-refractivity contribution in [2.24, 2.45) is 0 Å². The predicted molar refractivity (Wildman–Crippen MR) is 77.0 cm³/mol. The van der Waals surface area contributed by atoms with Crippen molar-refractivity contribution in [2.45, 2.75) is 19.4 Å². The number of hydrogen-bond donors (Lipinski definition) is 3. The topological polar surface area (TPSA) is 61.4 Å². The molecule has 0 radical (unpaired) electrons. The van der Waals surface area contributed by atoms with Crippen LogP contribution in [0.5, 0.6) is 0 Å². The second-order valence-electron chi connectivity index (χ2n) is 3.72. The van der Waals surface area contributed by atoms with Crippen LogP contribution in [0.4, 0.5) is 5.69 Å². The number of carbonyl (C=O) groups excluding carboxylic acids is 1. The molecule has 0 spiro atoms. The standard InChI is InChI=1S/C12H17IN2O2/c1-2-10(8-16)14-7-12(17)15-11-5-3-9(13)4-6-11/h3-6,10,14,16H,2,7-8H2,1H3,(H,15,17)/t10-/m0/s1. The number of anilines is 1. The maximum absolute atomic E-state index is 11.6. The Morgan fingerprint density at radius 2 is 2.06 bits per heavy atom. The summed E-state index contributed by atoms with van der Waals surface area (Å²) >= 11 is 2.21. The summed E-state index contributed by atoms with van der Waals surface area (Å²) in [5, 5.41) is 14.7. The lowest BCUT2D eigenvalue weighted by Crippen LogP contribution is -2.37. The first-order chi connectivity index (χ1) is 8.15. The van der Waals surface area contributed by atoms with E-state index >= 15 is 0 Å². The number of amides is 1. The Morgan fingerprint density at radius 1 is 1.41 bits per heavy atom. The Bertz CT molecular complexity index is 350. The molecule has 1 rings (SSSR count). The third-order valence-electron chi connectivity index (χ3n) is 2.39. The second-order valence-corrected chi connectivity index (χ2v) is 4.97. The summed E-state index contributed by atoms with van der Waals surface area (Å²) in [6, 6.07) is 7.59. The lowest BCUT2D eigenvalue weighted by Gasteiger charge is -2.13. The quantitative estimate of drug-likeness (QED) is 0.685. The van der Waals surface area contributed by atoms with Gasteiger partial charge in [-0.15, -0.1) is 0 Å². The van der Waals surface area contributed by atoms with Crippen molar-refractivity contribution in [3.8, 4) is 0 Å². The summed E-state index contributed by atoms with van der Waals surface area (Å²) in [7, 11) is 0. The number of halogens is 1. The van der Waals surface area contributed by atoms with Gasteiger partial charge in [0.1, 0.15) is 0 Å². The minimum Gasteiger partial charge on any atom is -0.395 e. The molecule has 0 aromatic heterocycles. The fraction of sp³-hybridized carbons (Fsp3) is 0.417. The molecule has 17 heavy (non-hydrogen) atoms. The minimum atomic E-state index is -0.0990. The van der Waals surface area contributed by atoms with Crippen LogP contribution < -0.4 is 10.6 Å². The number of aliphatic hydroxyl groups excluding tert-OH is 1. The van der Waals surface area contributed by atoms with Crippen molar-refractivity contribution < 1.29 is 9.90 Å². The fourth-order valence-electron chi connectivity index (χ4n) is 1.31. The highest BCUT2D eigenvalue weighted by Gasteiger charge is 2.07. The predicted octanol–water partition coefficient (Wildman–Crippen LogP) is 1.59. The van der Waals surface area contributed by atoms with Crippen LogP contribution in [0.15, 0.2) is 24.3 Å². The van der Waals surface area contributed by atoms with Gasteiger partial charge in [-0.05, 0) is 53.3 Å². The molecule has 94 valence electrons. The van der Waals surface area contributed by atoms with E-state index in [1.165, 1.54) is 0 Å². The molecule has 1 aromatic carbocycles. The van der Waals surface area contributed by atoms with Crippen molar-refractivity contribution in [3.05, 3.63) is 27.8 Å². The molecule has 0 aliphatic rings. The van der Waals surface area contributed by atoms with E-state index in [9.17, 15) is 4.79 Å². The molecule has 1 amide bonds. The summed E-state index contributed by atoms with van der Waals surface area (Å²) in [6.45, 7) is 2.23. The van der Waals surface area contributed by atoms with Crippen molar-refractivity contribution in [1.82, 2.24) is 5.32 Å². The summed E-state index contributed by atoms with van der Waals surface area (Å²) in [4.78, 5) is 11.6. The van der Waals surface area contributed by atoms with Gasteiger partial charge in [0.2, 0.25) is 5.91 Å². The van der Waals surface area contributed by atoms with Crippen molar-refractivity contribution in [2.75, 3.05) is 18.5 Å². The molecule has 0 aliphatic heterocycles. The fourth-order valence-corrected chi connectivity index (χ4v) is 1.67. The maximum atomic E-state index is 11.6. The molecule has 0 unspecified atom stereocenters. The van der Waals surface area contributed by atoms with Gasteiger partial charge in [-0.25, -0.2) is 0 Å². The number of hydrogen-bond acceptors (Lipinski definition) is 3. The van der Waals surface area contributed by atoms with Gasteiger partial charge < -0.3 is 15.7 Å². The van der Waals surface area contributed by atoms with Gasteiger partial charge >= 0.3 is 0 Å². The molecule has 0 fully saturated rings. The summed E-state index contributed by atoms with van der Waals surface area (Å²) < 4.78 is 1.13. The van der Waals surface area contributed by atoms with Crippen LogP contribution in [0.2, 0.25) is 0 Å². The van der Waals surface area contributed by atoms with Crippen LogP contribution >= 0.6 is 22.6 Å². The molecule has 0 bridgehead atoms. The van der Waals surface area contributed by atoms with Gasteiger partial charge in [0, 0.05) is 15.3 Å². The second kappa shape index (κ2) is 7.62. The zero-order valence-electron chi connectivity index (χ0n) is 9.74. The van der Waals surface area contributed by atoms with Gasteiger partial charge in [0.15, 0.2) is 0 Å². The van der Waals surface area contributed by atoms with Crippen LogP contribution in [0.25, 0.3) is 0 Å². The van der Waals surface area contributed by atoms with Gasteiger partial charge in [-0.1, -0.05) is 6.92 Å². The van der Waals surface area contributed by atoms with Crippen LogP contribution in [0, 0.1) is 3.57 Å². The summed E-state index contributed by atoms with van der Waals surface area (Å²) in [5.74, 6) is -0.0990. The Hall–Kier alpha value is -0.660. The molecule has 3 N–H and O–H groups in total. The van der Waals surface area contributed by atoms with E-state index in [-0.39, 0.29) is 25.1 Å². The highest BCUT2D eigenvalue weighted by molar-refractivity contribution is 14.1. The molecule has 1 aromatic rings. The van der Waals surface area contributed by atoms with Gasteiger partial charge in [-0.3, -0.25) is 4.79 Å². The van der Waals surface area contributed by atoms with E-state index in [4.69, 9.17) is 5.11 Å². The Balaban J connectivity index is 2.37. The lowest BCUT2D eigenvalue weighted by atomic mass is 10.2. The van der Waals surface area contributed by atoms with Gasteiger partial charge in [-0.2, -0.15) is 0 Å². The maximum Gasteiger partial charge on any atom is 0.238 e. The van der Waals surface area contributed by atoms with Crippen LogP contribution in [0.1, 0.15) is 13.3 Å². The normalized spacial score (nSPS) is 12.2. The van der Waals surface area contributed by atoms with Gasteiger partial charge in [0.25, 0.3) is 0 Å². The molecular weight excluding hydrogens is 331 g/mol. The number of rotatable bonds is 6. The molecule has 4 nitrogen and oxygen atoms in total. The molecule has 0 saturated heterocycles. The summed E-state index contributed by atoms with van der Waals surface area (Å²) in [6.07, 6.45) is 0.799. The lowest BCUT2D eigenvalue weighted by molar-refractivity contribution is -0.115. The number of aliphatic hydroxyl groups is 1. The highest BCUT2D eigenvalue weighted by Crippen LogP contribution is 2.10. The van der Waals surface area contributed by atoms with Gasteiger partial charge in [0.05, 0.1) is 13.2 Å². The van der Waals surface area contributed by atoms with Crippen LogP contribution in [0.3, 0.4) is 0 Å².